The Kier molecular flexibility index (Phi) is 3.02. The molecule has 3 aromatic carbocycles. The van der Waals surface area contributed by atoms with Crippen LogP contribution in [0.4, 0.5) is 0 Å². The molecule has 4 rings (SSSR count). The fourth-order valence-electron chi connectivity index (χ4n) is 2.63. The normalized spacial score (nSPS) is 11.3. The fraction of sp³-hybridized carbons (Fsp3) is 0. The molecule has 0 radical (unpaired) electrons. The van der Waals surface area contributed by atoms with Gasteiger partial charge in [-0.05, 0) is 45.3 Å². The third-order valence-corrected chi connectivity index (χ3v) is 4.44. The minimum Gasteiger partial charge on any atom is -0.456 e. The van der Waals surface area contributed by atoms with E-state index in [1.807, 2.05) is 30.3 Å². The molecule has 0 spiro atoms. The van der Waals surface area contributed by atoms with Crippen LogP contribution in [0.25, 0.3) is 33.1 Å². The van der Waals surface area contributed by atoms with E-state index < -0.39 is 0 Å². The van der Waals surface area contributed by atoms with Crippen molar-refractivity contribution >= 4 is 49.5 Å². The Morgan fingerprint density at radius 3 is 2.43 bits per heavy atom. The van der Waals surface area contributed by atoms with Crippen LogP contribution in [-0.4, -0.2) is 0 Å². The van der Waals surface area contributed by atoms with E-state index in [2.05, 4.69) is 46.3 Å². The highest BCUT2D eigenvalue weighted by Gasteiger charge is 2.12. The lowest BCUT2D eigenvalue weighted by Gasteiger charge is -2.00. The number of hydrogen-bond acceptors (Lipinski definition) is 1. The van der Waals surface area contributed by atoms with Crippen LogP contribution < -0.4 is 0 Å². The van der Waals surface area contributed by atoms with Gasteiger partial charge in [0.15, 0.2) is 0 Å². The molecule has 0 N–H and O–H groups in total. The van der Waals surface area contributed by atoms with E-state index in [0.717, 1.165) is 32.0 Å². The van der Waals surface area contributed by atoms with Gasteiger partial charge in [0.05, 0.1) is 0 Å². The van der Waals surface area contributed by atoms with E-state index in [1.54, 1.807) is 0 Å². The van der Waals surface area contributed by atoms with E-state index in [0.29, 0.717) is 5.02 Å². The summed E-state index contributed by atoms with van der Waals surface area (Å²) in [4.78, 5) is 0. The Morgan fingerprint density at radius 1 is 0.810 bits per heavy atom. The average molecular weight is 358 g/mol. The highest BCUT2D eigenvalue weighted by molar-refractivity contribution is 9.10. The second kappa shape index (κ2) is 4.90. The first-order chi connectivity index (χ1) is 10.2. The van der Waals surface area contributed by atoms with Crippen LogP contribution >= 0.6 is 27.5 Å². The zero-order valence-corrected chi connectivity index (χ0v) is 13.3. The SMILES string of the molecule is Clc1cc(Br)c2c(c1)oc1cc(-c3ccccc3)ccc12. The molecule has 0 amide bonds. The van der Waals surface area contributed by atoms with Gasteiger partial charge in [0.25, 0.3) is 0 Å². The quantitative estimate of drug-likeness (QED) is 0.371. The number of halogens is 2. The maximum atomic E-state index is 6.09. The first-order valence-electron chi connectivity index (χ1n) is 6.59. The number of furan rings is 1. The van der Waals surface area contributed by atoms with Crippen LogP contribution in [0.15, 0.2) is 69.6 Å². The lowest BCUT2D eigenvalue weighted by Crippen LogP contribution is -1.76. The monoisotopic (exact) mass is 356 g/mol. The van der Waals surface area contributed by atoms with Gasteiger partial charge < -0.3 is 4.42 Å². The summed E-state index contributed by atoms with van der Waals surface area (Å²) in [6, 6.07) is 20.3. The molecular formula is C18H10BrClO. The molecule has 0 atom stereocenters. The lowest BCUT2D eigenvalue weighted by atomic mass is 10.0. The van der Waals surface area contributed by atoms with Crippen LogP contribution in [0.5, 0.6) is 0 Å². The van der Waals surface area contributed by atoms with Crippen molar-refractivity contribution in [1.82, 2.24) is 0 Å². The van der Waals surface area contributed by atoms with Crippen LogP contribution in [0.1, 0.15) is 0 Å². The van der Waals surface area contributed by atoms with Crippen LogP contribution in [0, 0.1) is 0 Å². The van der Waals surface area contributed by atoms with Crippen molar-refractivity contribution in [1.29, 1.82) is 0 Å². The Morgan fingerprint density at radius 2 is 1.62 bits per heavy atom. The third kappa shape index (κ3) is 2.15. The van der Waals surface area contributed by atoms with Crippen molar-refractivity contribution in [3.8, 4) is 11.1 Å². The minimum atomic E-state index is 0.664. The van der Waals surface area contributed by atoms with Gasteiger partial charge in [0.1, 0.15) is 11.2 Å². The zero-order chi connectivity index (χ0) is 14.4. The van der Waals surface area contributed by atoms with Gasteiger partial charge in [-0.1, -0.05) is 48.0 Å². The summed E-state index contributed by atoms with van der Waals surface area (Å²) in [5.74, 6) is 0. The zero-order valence-electron chi connectivity index (χ0n) is 10.9. The number of hydrogen-bond donors (Lipinski definition) is 0. The molecule has 0 saturated heterocycles. The molecule has 0 aliphatic carbocycles. The Balaban J connectivity index is 2.01. The highest BCUT2D eigenvalue weighted by Crippen LogP contribution is 2.37. The van der Waals surface area contributed by atoms with Crippen LogP contribution in [0.3, 0.4) is 0 Å². The summed E-state index contributed by atoms with van der Waals surface area (Å²) >= 11 is 9.66. The molecule has 1 heterocycles. The van der Waals surface area contributed by atoms with Crippen molar-refractivity contribution < 1.29 is 4.42 Å². The Labute approximate surface area is 135 Å². The van der Waals surface area contributed by atoms with E-state index in [-0.39, 0.29) is 0 Å². The molecule has 4 aromatic rings. The van der Waals surface area contributed by atoms with Crippen LogP contribution in [0.2, 0.25) is 5.02 Å². The van der Waals surface area contributed by atoms with E-state index in [1.165, 1.54) is 5.56 Å². The first-order valence-corrected chi connectivity index (χ1v) is 7.76. The molecule has 21 heavy (non-hydrogen) atoms. The Hall–Kier alpha value is -1.77. The predicted octanol–water partition coefficient (Wildman–Crippen LogP) is 6.67. The smallest absolute Gasteiger partial charge is 0.138 e. The van der Waals surface area contributed by atoms with E-state index in [4.69, 9.17) is 16.0 Å². The summed E-state index contributed by atoms with van der Waals surface area (Å²) in [6.07, 6.45) is 0. The maximum absolute atomic E-state index is 6.09. The van der Waals surface area contributed by atoms with Gasteiger partial charge >= 0.3 is 0 Å². The summed E-state index contributed by atoms with van der Waals surface area (Å²) in [5.41, 5.74) is 3.99. The van der Waals surface area contributed by atoms with Crippen molar-refractivity contribution in [2.24, 2.45) is 0 Å². The van der Waals surface area contributed by atoms with Gasteiger partial charge in [0.2, 0.25) is 0 Å². The summed E-state index contributed by atoms with van der Waals surface area (Å²) in [6.45, 7) is 0. The fourth-order valence-corrected chi connectivity index (χ4v) is 3.63. The number of fused-ring (bicyclic) bond motifs is 3. The van der Waals surface area contributed by atoms with E-state index >= 15 is 0 Å². The molecule has 0 saturated carbocycles. The molecule has 0 aliphatic heterocycles. The van der Waals surface area contributed by atoms with Crippen molar-refractivity contribution in [2.45, 2.75) is 0 Å². The van der Waals surface area contributed by atoms with Crippen LogP contribution in [-0.2, 0) is 0 Å². The first kappa shape index (κ1) is 12.9. The largest absolute Gasteiger partial charge is 0.456 e. The molecule has 0 unspecified atom stereocenters. The second-order valence-corrected chi connectivity index (χ2v) is 6.23. The van der Waals surface area contributed by atoms with Gasteiger partial charge in [0, 0.05) is 26.3 Å². The van der Waals surface area contributed by atoms with Gasteiger partial charge in [-0.15, -0.1) is 0 Å². The number of rotatable bonds is 1. The van der Waals surface area contributed by atoms with Gasteiger partial charge in [-0.3, -0.25) is 0 Å². The standard InChI is InChI=1S/C18H10BrClO/c19-15-9-13(20)10-17-18(15)14-7-6-12(8-16(14)21-17)11-4-2-1-3-5-11/h1-10H. The van der Waals surface area contributed by atoms with E-state index in [9.17, 15) is 0 Å². The molecule has 102 valence electrons. The third-order valence-electron chi connectivity index (χ3n) is 3.60. The molecule has 0 bridgehead atoms. The summed E-state index contributed by atoms with van der Waals surface area (Å²) in [5, 5.41) is 2.82. The highest BCUT2D eigenvalue weighted by atomic mass is 79.9. The second-order valence-electron chi connectivity index (χ2n) is 4.94. The number of benzene rings is 3. The average Bonchev–Trinajstić information content (AvgIpc) is 2.85. The summed E-state index contributed by atoms with van der Waals surface area (Å²) < 4.78 is 6.92. The molecule has 1 nitrogen and oxygen atoms in total. The Bertz CT molecular complexity index is 957. The van der Waals surface area contributed by atoms with Gasteiger partial charge in [-0.2, -0.15) is 0 Å². The van der Waals surface area contributed by atoms with Gasteiger partial charge in [-0.25, -0.2) is 0 Å². The molecule has 0 aliphatic rings. The maximum Gasteiger partial charge on any atom is 0.138 e. The summed E-state index contributed by atoms with van der Waals surface area (Å²) in [7, 11) is 0. The molecule has 1 aromatic heterocycles. The lowest BCUT2D eigenvalue weighted by molar-refractivity contribution is 0.669. The molecular weight excluding hydrogens is 348 g/mol. The molecule has 3 heteroatoms. The van der Waals surface area contributed by atoms with Crippen molar-refractivity contribution in [2.75, 3.05) is 0 Å². The minimum absolute atomic E-state index is 0.664. The topological polar surface area (TPSA) is 13.1 Å². The van der Waals surface area contributed by atoms with Crippen molar-refractivity contribution in [3.63, 3.8) is 0 Å². The predicted molar refractivity (Wildman–Crippen MR) is 91.9 cm³/mol. The molecule has 0 fully saturated rings. The van der Waals surface area contributed by atoms with Crippen molar-refractivity contribution in [3.05, 3.63) is 70.2 Å².